The number of esters is 1. The Bertz CT molecular complexity index is 221. The average molecular weight is 268 g/mol. The number of carbonyl (C=O) groups excluding carboxylic acids is 1. The third kappa shape index (κ3) is 15.2. The van der Waals surface area contributed by atoms with Crippen molar-refractivity contribution < 1.29 is 9.53 Å². The van der Waals surface area contributed by atoms with Crippen LogP contribution in [0.2, 0.25) is 0 Å². The Kier molecular flexibility index (Phi) is 14.6. The lowest BCUT2D eigenvalue weighted by Crippen LogP contribution is -1.98. The molecule has 2 heteroatoms. The number of hydrogen-bond donors (Lipinski definition) is 0. The molecule has 0 fully saturated rings. The highest BCUT2D eigenvalue weighted by molar-refractivity contribution is 5.68. The van der Waals surface area contributed by atoms with Gasteiger partial charge in [0.2, 0.25) is 0 Å². The summed E-state index contributed by atoms with van der Waals surface area (Å²) in [4.78, 5) is 10.9. The van der Waals surface area contributed by atoms with Crippen LogP contribution in [-0.2, 0) is 9.53 Å². The zero-order valence-electron chi connectivity index (χ0n) is 13.0. The van der Waals surface area contributed by atoms with Gasteiger partial charge in [0.05, 0.1) is 7.11 Å². The molecule has 0 N–H and O–H groups in total. The van der Waals surface area contributed by atoms with Gasteiger partial charge in [-0.3, -0.25) is 4.79 Å². The van der Waals surface area contributed by atoms with Crippen LogP contribution in [0.25, 0.3) is 0 Å². The standard InChI is InChI=1S/C17H32O2/c1-3-4-5-6-7-8-9-10-11-12-13-14-15-16-17(18)19-2/h8-9H,3-7,10-16H2,1-2H3/b9-8+. The number of hydrogen-bond acceptors (Lipinski definition) is 2. The molecule has 0 aromatic heterocycles. The van der Waals surface area contributed by atoms with Gasteiger partial charge in [-0.1, -0.05) is 57.6 Å². The Morgan fingerprint density at radius 3 is 1.95 bits per heavy atom. The van der Waals surface area contributed by atoms with Crippen molar-refractivity contribution in [2.24, 2.45) is 0 Å². The highest BCUT2D eigenvalue weighted by Crippen LogP contribution is 2.09. The van der Waals surface area contributed by atoms with E-state index in [1.54, 1.807) is 0 Å². The predicted octanol–water partition coefficient (Wildman–Crippen LogP) is 5.42. The van der Waals surface area contributed by atoms with E-state index in [4.69, 9.17) is 0 Å². The molecule has 0 aromatic rings. The molecule has 2 nitrogen and oxygen atoms in total. The highest BCUT2D eigenvalue weighted by Gasteiger charge is 1.98. The number of rotatable bonds is 13. The molecule has 0 saturated carbocycles. The Hall–Kier alpha value is -0.790. The first-order chi connectivity index (χ1) is 9.31. The van der Waals surface area contributed by atoms with Gasteiger partial charge in [-0.15, -0.1) is 0 Å². The molecule has 0 aromatic carbocycles. The molecule has 0 radical (unpaired) electrons. The minimum absolute atomic E-state index is 0.0778. The molecule has 112 valence electrons. The smallest absolute Gasteiger partial charge is 0.305 e. The van der Waals surface area contributed by atoms with Gasteiger partial charge in [-0.25, -0.2) is 0 Å². The SMILES string of the molecule is CCCCCC/C=C/CCCCCCCC(=O)OC. The van der Waals surface area contributed by atoms with E-state index in [0.717, 1.165) is 12.8 Å². The summed E-state index contributed by atoms with van der Waals surface area (Å²) in [5.74, 6) is -0.0778. The minimum atomic E-state index is -0.0778. The van der Waals surface area contributed by atoms with Crippen molar-refractivity contribution in [3.63, 3.8) is 0 Å². The molecule has 0 aliphatic carbocycles. The molecule has 0 heterocycles. The second kappa shape index (κ2) is 15.3. The van der Waals surface area contributed by atoms with Gasteiger partial charge < -0.3 is 4.74 Å². The molecule has 0 spiro atoms. The Labute approximate surface area is 119 Å². The third-order valence-electron chi connectivity index (χ3n) is 3.37. The van der Waals surface area contributed by atoms with Crippen LogP contribution in [0, 0.1) is 0 Å². The van der Waals surface area contributed by atoms with Crippen molar-refractivity contribution in [3.05, 3.63) is 12.2 Å². The molecular formula is C17H32O2. The topological polar surface area (TPSA) is 26.3 Å². The summed E-state index contributed by atoms with van der Waals surface area (Å²) in [7, 11) is 1.46. The van der Waals surface area contributed by atoms with Crippen molar-refractivity contribution in [2.45, 2.75) is 84.0 Å². The normalized spacial score (nSPS) is 11.1. The number of methoxy groups -OCH3 is 1. The summed E-state index contributed by atoms with van der Waals surface area (Å²) in [6, 6.07) is 0. The summed E-state index contributed by atoms with van der Waals surface area (Å²) >= 11 is 0. The highest BCUT2D eigenvalue weighted by atomic mass is 16.5. The zero-order valence-corrected chi connectivity index (χ0v) is 13.0. The first-order valence-electron chi connectivity index (χ1n) is 8.03. The van der Waals surface area contributed by atoms with Gasteiger partial charge in [0, 0.05) is 6.42 Å². The Morgan fingerprint density at radius 2 is 1.37 bits per heavy atom. The van der Waals surface area contributed by atoms with Gasteiger partial charge >= 0.3 is 5.97 Å². The molecule has 0 rings (SSSR count). The van der Waals surface area contributed by atoms with Crippen LogP contribution in [0.1, 0.15) is 84.0 Å². The van der Waals surface area contributed by atoms with E-state index in [0.29, 0.717) is 6.42 Å². The summed E-state index contributed by atoms with van der Waals surface area (Å²) in [5, 5.41) is 0. The number of allylic oxidation sites excluding steroid dienone is 2. The number of ether oxygens (including phenoxy) is 1. The van der Waals surface area contributed by atoms with E-state index in [2.05, 4.69) is 23.8 Å². The average Bonchev–Trinajstić information content (AvgIpc) is 2.43. The quantitative estimate of drug-likeness (QED) is 0.253. The second-order valence-electron chi connectivity index (χ2n) is 5.20. The van der Waals surface area contributed by atoms with Crippen LogP contribution in [0.15, 0.2) is 12.2 Å². The first kappa shape index (κ1) is 18.2. The summed E-state index contributed by atoms with van der Waals surface area (Å²) < 4.78 is 4.61. The van der Waals surface area contributed by atoms with E-state index >= 15 is 0 Å². The van der Waals surface area contributed by atoms with Gasteiger partial charge in [0.1, 0.15) is 0 Å². The van der Waals surface area contributed by atoms with Crippen molar-refractivity contribution in [1.29, 1.82) is 0 Å². The summed E-state index contributed by atoms with van der Waals surface area (Å²) in [6.07, 6.45) is 19.0. The van der Waals surface area contributed by atoms with E-state index in [-0.39, 0.29) is 5.97 Å². The van der Waals surface area contributed by atoms with Crippen LogP contribution in [0.4, 0.5) is 0 Å². The summed E-state index contributed by atoms with van der Waals surface area (Å²) in [5.41, 5.74) is 0. The van der Waals surface area contributed by atoms with Gasteiger partial charge in [-0.05, 0) is 32.1 Å². The molecule has 0 aliphatic heterocycles. The van der Waals surface area contributed by atoms with E-state index in [1.165, 1.54) is 64.9 Å². The molecule has 0 atom stereocenters. The van der Waals surface area contributed by atoms with E-state index < -0.39 is 0 Å². The predicted molar refractivity (Wildman–Crippen MR) is 82.2 cm³/mol. The molecule has 19 heavy (non-hydrogen) atoms. The fraction of sp³-hybridized carbons (Fsp3) is 0.824. The number of unbranched alkanes of at least 4 members (excludes halogenated alkanes) is 9. The van der Waals surface area contributed by atoms with Crippen LogP contribution in [0.5, 0.6) is 0 Å². The zero-order chi connectivity index (χ0) is 14.2. The van der Waals surface area contributed by atoms with Crippen molar-refractivity contribution in [2.75, 3.05) is 7.11 Å². The van der Waals surface area contributed by atoms with Gasteiger partial charge in [0.15, 0.2) is 0 Å². The van der Waals surface area contributed by atoms with Gasteiger partial charge in [0.25, 0.3) is 0 Å². The van der Waals surface area contributed by atoms with Crippen molar-refractivity contribution >= 4 is 5.97 Å². The third-order valence-corrected chi connectivity index (χ3v) is 3.37. The van der Waals surface area contributed by atoms with Crippen LogP contribution in [0.3, 0.4) is 0 Å². The minimum Gasteiger partial charge on any atom is -0.469 e. The fourth-order valence-electron chi connectivity index (χ4n) is 2.09. The molecule has 0 amide bonds. The molecule has 0 bridgehead atoms. The Morgan fingerprint density at radius 1 is 0.842 bits per heavy atom. The monoisotopic (exact) mass is 268 g/mol. The van der Waals surface area contributed by atoms with Crippen LogP contribution >= 0.6 is 0 Å². The Balaban J connectivity index is 3.09. The van der Waals surface area contributed by atoms with Crippen molar-refractivity contribution in [3.8, 4) is 0 Å². The first-order valence-corrected chi connectivity index (χ1v) is 8.03. The fourth-order valence-corrected chi connectivity index (χ4v) is 2.09. The lowest BCUT2D eigenvalue weighted by Gasteiger charge is -2.00. The second-order valence-corrected chi connectivity index (χ2v) is 5.20. The van der Waals surface area contributed by atoms with Crippen LogP contribution < -0.4 is 0 Å². The van der Waals surface area contributed by atoms with Crippen LogP contribution in [-0.4, -0.2) is 13.1 Å². The molecule has 0 aliphatic rings. The maximum atomic E-state index is 10.9. The maximum Gasteiger partial charge on any atom is 0.305 e. The molecular weight excluding hydrogens is 236 g/mol. The van der Waals surface area contributed by atoms with Gasteiger partial charge in [-0.2, -0.15) is 0 Å². The lowest BCUT2D eigenvalue weighted by molar-refractivity contribution is -0.140. The molecule has 0 saturated heterocycles. The molecule has 0 unspecified atom stereocenters. The van der Waals surface area contributed by atoms with Crippen molar-refractivity contribution in [1.82, 2.24) is 0 Å². The largest absolute Gasteiger partial charge is 0.469 e. The summed E-state index contributed by atoms with van der Waals surface area (Å²) in [6.45, 7) is 2.25. The van der Waals surface area contributed by atoms with E-state index in [1.807, 2.05) is 0 Å². The van der Waals surface area contributed by atoms with E-state index in [9.17, 15) is 4.79 Å². The lowest BCUT2D eigenvalue weighted by atomic mass is 10.1. The maximum absolute atomic E-state index is 10.9. The number of carbonyl (C=O) groups is 1.